The summed E-state index contributed by atoms with van der Waals surface area (Å²) in [4.78, 5) is 8.42. The number of anilines is 2. The van der Waals surface area contributed by atoms with Crippen molar-refractivity contribution in [2.45, 2.75) is 17.7 Å². The van der Waals surface area contributed by atoms with Crippen molar-refractivity contribution < 1.29 is 0 Å². The third-order valence-electron chi connectivity index (χ3n) is 4.69. The highest BCUT2D eigenvalue weighted by Gasteiger charge is 2.15. The van der Waals surface area contributed by atoms with Crippen LogP contribution in [-0.2, 0) is 0 Å². The Bertz CT molecular complexity index is 952. The first-order chi connectivity index (χ1) is 13.2. The lowest BCUT2D eigenvalue weighted by molar-refractivity contribution is 0.944. The van der Waals surface area contributed by atoms with Crippen LogP contribution in [0.15, 0.2) is 71.8 Å². The van der Waals surface area contributed by atoms with E-state index in [1.165, 1.54) is 17.7 Å². The van der Waals surface area contributed by atoms with Gasteiger partial charge in [0, 0.05) is 34.8 Å². The molecule has 27 heavy (non-hydrogen) atoms. The first-order valence-corrected chi connectivity index (χ1v) is 10.5. The Morgan fingerprint density at radius 2 is 1.85 bits per heavy atom. The minimum Gasteiger partial charge on any atom is -0.357 e. The summed E-state index contributed by atoms with van der Waals surface area (Å²) < 4.78 is 0. The van der Waals surface area contributed by atoms with Gasteiger partial charge in [-0.05, 0) is 49.2 Å². The Hall–Kier alpha value is -2.17. The van der Waals surface area contributed by atoms with Crippen molar-refractivity contribution in [1.29, 1.82) is 0 Å². The lowest BCUT2D eigenvalue weighted by Crippen LogP contribution is -2.18. The van der Waals surface area contributed by atoms with Crippen molar-refractivity contribution in [2.75, 3.05) is 29.1 Å². The molecule has 0 radical (unpaired) electrons. The van der Waals surface area contributed by atoms with Gasteiger partial charge >= 0.3 is 0 Å². The van der Waals surface area contributed by atoms with Crippen LogP contribution < -0.4 is 10.2 Å². The number of hydrogen-bond donors (Lipinski definition) is 1. The molecule has 0 aliphatic carbocycles. The van der Waals surface area contributed by atoms with Gasteiger partial charge in [-0.25, -0.2) is 4.98 Å². The molecule has 1 N–H and O–H groups in total. The van der Waals surface area contributed by atoms with Crippen LogP contribution in [0.2, 0.25) is 5.02 Å². The van der Waals surface area contributed by atoms with Gasteiger partial charge in [0.15, 0.2) is 0 Å². The Balaban J connectivity index is 1.53. The number of rotatable bonds is 6. The molecule has 3 aromatic rings. The molecule has 1 saturated heterocycles. The number of pyridine rings is 1. The van der Waals surface area contributed by atoms with E-state index in [1.54, 1.807) is 11.8 Å². The summed E-state index contributed by atoms with van der Waals surface area (Å²) in [6.45, 7) is 6.35. The summed E-state index contributed by atoms with van der Waals surface area (Å²) in [5.41, 5.74) is 2.75. The number of thioether (sulfide) groups is 1. The number of benzene rings is 2. The van der Waals surface area contributed by atoms with E-state index in [1.807, 2.05) is 30.3 Å². The van der Waals surface area contributed by atoms with Gasteiger partial charge in [-0.2, -0.15) is 0 Å². The summed E-state index contributed by atoms with van der Waals surface area (Å²) in [5.74, 6) is 1.82. The molecule has 1 aromatic heterocycles. The Morgan fingerprint density at radius 1 is 1.07 bits per heavy atom. The van der Waals surface area contributed by atoms with E-state index in [4.69, 9.17) is 16.6 Å². The van der Waals surface area contributed by atoms with Crippen molar-refractivity contribution in [3.05, 3.63) is 71.9 Å². The molecule has 2 heterocycles. The molecule has 0 saturated carbocycles. The van der Waals surface area contributed by atoms with E-state index < -0.39 is 0 Å². The molecule has 3 nitrogen and oxygen atoms in total. The van der Waals surface area contributed by atoms with Gasteiger partial charge in [0.2, 0.25) is 0 Å². The van der Waals surface area contributed by atoms with E-state index in [2.05, 4.69) is 41.1 Å². The molecule has 0 unspecified atom stereocenters. The van der Waals surface area contributed by atoms with Gasteiger partial charge in [0.05, 0.1) is 16.2 Å². The number of nitrogens with zero attached hydrogens (tertiary/aromatic N) is 2. The maximum absolute atomic E-state index is 6.48. The lowest BCUT2D eigenvalue weighted by atomic mass is 10.1. The zero-order chi connectivity index (χ0) is 18.6. The van der Waals surface area contributed by atoms with Gasteiger partial charge in [-0.3, -0.25) is 0 Å². The van der Waals surface area contributed by atoms with Gasteiger partial charge in [-0.1, -0.05) is 36.4 Å². The molecular weight excluding hydrogens is 374 g/mol. The van der Waals surface area contributed by atoms with E-state index >= 15 is 0 Å². The molecule has 1 aliphatic heterocycles. The summed E-state index contributed by atoms with van der Waals surface area (Å²) in [7, 11) is 0. The topological polar surface area (TPSA) is 28.2 Å². The normalized spacial score (nSPS) is 13.9. The maximum Gasteiger partial charge on any atom is 0.129 e. The van der Waals surface area contributed by atoms with Crippen molar-refractivity contribution in [3.63, 3.8) is 0 Å². The molecule has 2 aromatic carbocycles. The molecular formula is C22H22ClN3S. The molecule has 0 amide bonds. The maximum atomic E-state index is 6.48. The average Bonchev–Trinajstić information content (AvgIpc) is 3.24. The van der Waals surface area contributed by atoms with Crippen LogP contribution in [-0.4, -0.2) is 23.8 Å². The minimum atomic E-state index is 0.684. The first kappa shape index (κ1) is 18.2. The largest absolute Gasteiger partial charge is 0.357 e. The molecule has 0 atom stereocenters. The number of aromatic nitrogens is 1. The van der Waals surface area contributed by atoms with Crippen molar-refractivity contribution in [3.8, 4) is 0 Å². The zero-order valence-corrected chi connectivity index (χ0v) is 16.7. The van der Waals surface area contributed by atoms with Crippen LogP contribution in [0.25, 0.3) is 10.9 Å². The number of hydrogen-bond acceptors (Lipinski definition) is 4. The smallest absolute Gasteiger partial charge is 0.129 e. The highest BCUT2D eigenvalue weighted by atomic mass is 35.5. The molecule has 0 bridgehead atoms. The second kappa shape index (κ2) is 8.24. The van der Waals surface area contributed by atoms with E-state index in [9.17, 15) is 0 Å². The first-order valence-electron chi connectivity index (χ1n) is 9.17. The molecule has 0 spiro atoms. The highest BCUT2D eigenvalue weighted by molar-refractivity contribution is 7.99. The Kier molecular flexibility index (Phi) is 5.55. The minimum absolute atomic E-state index is 0.684. The number of halogens is 1. The average molecular weight is 396 g/mol. The molecule has 5 heteroatoms. The predicted octanol–water partition coefficient (Wildman–Crippen LogP) is 6.21. The van der Waals surface area contributed by atoms with E-state index in [0.29, 0.717) is 5.02 Å². The fraction of sp³-hybridized carbons (Fsp3) is 0.227. The summed E-state index contributed by atoms with van der Waals surface area (Å²) in [5, 5.41) is 5.12. The number of fused-ring (bicyclic) bond motifs is 1. The summed E-state index contributed by atoms with van der Waals surface area (Å²) >= 11 is 8.23. The third-order valence-corrected chi connectivity index (χ3v) is 6.11. The second-order valence-electron chi connectivity index (χ2n) is 6.68. The van der Waals surface area contributed by atoms with Gasteiger partial charge < -0.3 is 10.2 Å². The second-order valence-corrected chi connectivity index (χ2v) is 8.14. The molecule has 1 fully saturated rings. The van der Waals surface area contributed by atoms with Crippen LogP contribution in [0.3, 0.4) is 0 Å². The number of nitrogens with one attached hydrogen (secondary N) is 1. The lowest BCUT2D eigenvalue weighted by Gasteiger charge is -2.18. The fourth-order valence-electron chi connectivity index (χ4n) is 3.32. The molecule has 138 valence electrons. The Morgan fingerprint density at radius 3 is 2.63 bits per heavy atom. The van der Waals surface area contributed by atoms with Crippen molar-refractivity contribution >= 4 is 45.8 Å². The quantitative estimate of drug-likeness (QED) is 0.502. The molecule has 4 rings (SSSR count). The fourth-order valence-corrected chi connectivity index (χ4v) is 4.29. The van der Waals surface area contributed by atoms with Crippen molar-refractivity contribution in [2.24, 2.45) is 0 Å². The Labute approximate surface area is 169 Å². The summed E-state index contributed by atoms with van der Waals surface area (Å²) in [6.07, 6.45) is 2.48. The predicted molar refractivity (Wildman–Crippen MR) is 118 cm³/mol. The van der Waals surface area contributed by atoms with Gasteiger partial charge in [0.1, 0.15) is 5.82 Å². The molecule has 1 aliphatic rings. The van der Waals surface area contributed by atoms with Crippen LogP contribution in [0.5, 0.6) is 0 Å². The van der Waals surface area contributed by atoms with E-state index in [0.717, 1.165) is 46.9 Å². The van der Waals surface area contributed by atoms with Crippen LogP contribution in [0.1, 0.15) is 12.8 Å². The third kappa shape index (κ3) is 4.23. The standard InChI is InChI=1S/C22H22ClN3S/c1-16(15-27-17-7-3-2-4-8-17)24-22-18-9-12-21(26-13-5-6-14-26)25-20(18)11-10-19(22)23/h2-4,7-12,24H,1,5-6,13-15H2. The van der Waals surface area contributed by atoms with Crippen LogP contribution >= 0.6 is 23.4 Å². The summed E-state index contributed by atoms with van der Waals surface area (Å²) in [6, 6.07) is 18.4. The van der Waals surface area contributed by atoms with Gasteiger partial charge in [-0.15, -0.1) is 11.8 Å². The van der Waals surface area contributed by atoms with Crippen molar-refractivity contribution in [1.82, 2.24) is 4.98 Å². The monoisotopic (exact) mass is 395 g/mol. The SMILES string of the molecule is C=C(CSc1ccccc1)Nc1c(Cl)ccc2nc(N3CCCC3)ccc12. The van der Waals surface area contributed by atoms with Crippen LogP contribution in [0.4, 0.5) is 11.5 Å². The van der Waals surface area contributed by atoms with Crippen LogP contribution in [0, 0.1) is 0 Å². The highest BCUT2D eigenvalue weighted by Crippen LogP contribution is 2.33. The van der Waals surface area contributed by atoms with Gasteiger partial charge in [0.25, 0.3) is 0 Å². The van der Waals surface area contributed by atoms with E-state index in [-0.39, 0.29) is 0 Å². The zero-order valence-electron chi connectivity index (χ0n) is 15.1.